The van der Waals surface area contributed by atoms with Crippen LogP contribution in [0.3, 0.4) is 0 Å². The minimum absolute atomic E-state index is 0.0238. The fourth-order valence-electron chi connectivity index (χ4n) is 10.6. The molecule has 4 fully saturated rings. The Labute approximate surface area is 433 Å². The Morgan fingerprint density at radius 2 is 1.66 bits per heavy atom. The quantitative estimate of drug-likeness (QED) is 0.0273. The second-order valence-corrected chi connectivity index (χ2v) is 19.5. The van der Waals surface area contributed by atoms with E-state index in [0.29, 0.717) is 58.6 Å². The van der Waals surface area contributed by atoms with E-state index >= 15 is 4.39 Å². The van der Waals surface area contributed by atoms with Gasteiger partial charge in [-0.2, -0.15) is 9.97 Å². The zero-order chi connectivity index (χ0) is 52.7. The first-order valence-electron chi connectivity index (χ1n) is 25.9. The predicted molar refractivity (Wildman–Crippen MR) is 287 cm³/mol. The number of pyridine rings is 1. The Morgan fingerprint density at radius 3 is 2.30 bits per heavy atom. The van der Waals surface area contributed by atoms with Gasteiger partial charge in [-0.3, -0.25) is 9.78 Å². The number of piperazine rings is 2. The molecule has 0 spiro atoms. The number of benzene rings is 3. The van der Waals surface area contributed by atoms with Gasteiger partial charge in [0.05, 0.1) is 29.2 Å². The van der Waals surface area contributed by atoms with Gasteiger partial charge in [0.15, 0.2) is 5.82 Å². The maximum Gasteiger partial charge on any atom is 0.319 e. The molecule has 3 atom stereocenters. The number of piperidine rings is 1. The van der Waals surface area contributed by atoms with E-state index in [0.717, 1.165) is 122 Å². The molecule has 4 saturated heterocycles. The minimum atomic E-state index is -0.715. The number of carbonyl (C=O) groups is 3. The highest BCUT2D eigenvalue weighted by Gasteiger charge is 2.34. The largest absolute Gasteiger partial charge is 0.508 e. The van der Waals surface area contributed by atoms with Gasteiger partial charge in [-0.25, -0.2) is 8.78 Å². The summed E-state index contributed by atoms with van der Waals surface area (Å²) in [7, 11) is 5.55. The molecule has 1 amide bonds. The highest BCUT2D eigenvalue weighted by Crippen LogP contribution is 2.39. The number of fused-ring (bicyclic) bond motifs is 4. The van der Waals surface area contributed by atoms with Gasteiger partial charge in [0.2, 0.25) is 6.41 Å². The molecule has 9 rings (SSSR count). The van der Waals surface area contributed by atoms with Crippen LogP contribution in [0.2, 0.25) is 0 Å². The van der Waals surface area contributed by atoms with E-state index in [-0.39, 0.29) is 46.2 Å². The highest BCUT2D eigenvalue weighted by molar-refractivity contribution is 6.10. The van der Waals surface area contributed by atoms with Crippen molar-refractivity contribution in [3.63, 3.8) is 0 Å². The Hall–Kier alpha value is -6.65. The third-order valence-corrected chi connectivity index (χ3v) is 14.3. The minimum Gasteiger partial charge on any atom is -0.508 e. The zero-order valence-corrected chi connectivity index (χ0v) is 43.1. The number of carbonyl (C=O) groups excluding carboxylic acids is 3. The molecular formula is C56H71F2N11O5. The van der Waals surface area contributed by atoms with Crippen molar-refractivity contribution in [3.8, 4) is 35.4 Å². The number of anilines is 2. The third kappa shape index (κ3) is 13.2. The lowest BCUT2D eigenvalue weighted by molar-refractivity contribution is -0.119. The average molecular weight is 1020 g/mol. The number of nitrogens with zero attached hydrogens (tertiary/aromatic N) is 7. The van der Waals surface area contributed by atoms with Gasteiger partial charge >= 0.3 is 6.01 Å². The van der Waals surface area contributed by atoms with Crippen molar-refractivity contribution in [1.29, 1.82) is 5.41 Å². The smallest absolute Gasteiger partial charge is 0.319 e. The first-order valence-corrected chi connectivity index (χ1v) is 25.9. The van der Waals surface area contributed by atoms with E-state index in [1.54, 1.807) is 18.1 Å². The van der Waals surface area contributed by atoms with E-state index in [2.05, 4.69) is 53.5 Å². The summed E-state index contributed by atoms with van der Waals surface area (Å²) >= 11 is 0. The second kappa shape index (κ2) is 26.5. The zero-order valence-electron chi connectivity index (χ0n) is 43.1. The predicted octanol–water partition coefficient (Wildman–Crippen LogP) is 6.61. The molecule has 0 radical (unpaired) electrons. The van der Waals surface area contributed by atoms with Gasteiger partial charge in [-0.05, 0) is 107 Å². The van der Waals surface area contributed by atoms with Gasteiger partial charge in [0, 0.05) is 113 Å². The van der Waals surface area contributed by atoms with Crippen LogP contribution in [-0.2, 0) is 14.4 Å². The van der Waals surface area contributed by atoms with E-state index in [4.69, 9.17) is 21.6 Å². The van der Waals surface area contributed by atoms with Gasteiger partial charge < -0.3 is 60.4 Å². The maximum atomic E-state index is 16.7. The van der Waals surface area contributed by atoms with Crippen LogP contribution in [-0.4, -0.2) is 165 Å². The van der Waals surface area contributed by atoms with Crippen LogP contribution in [0.25, 0.3) is 32.9 Å². The lowest BCUT2D eigenvalue weighted by atomic mass is 9.86. The monoisotopic (exact) mass is 1020 g/mol. The number of hydrogen-bond acceptors (Lipinski definition) is 15. The number of hydrogen-bond donors (Lipinski definition) is 5. The fraction of sp³-hybridized carbons (Fsp3) is 0.482. The summed E-state index contributed by atoms with van der Waals surface area (Å²) < 4.78 is 37.6. The third-order valence-electron chi connectivity index (χ3n) is 14.3. The summed E-state index contributed by atoms with van der Waals surface area (Å²) in [6.07, 6.45) is 16.3. The molecule has 0 aliphatic carbocycles. The van der Waals surface area contributed by atoms with Crippen LogP contribution in [0, 0.1) is 35.3 Å². The number of likely N-dealkylation sites (tertiary alicyclic amines) is 1. The first kappa shape index (κ1) is 55.1. The summed E-state index contributed by atoms with van der Waals surface area (Å²) in [4.78, 5) is 55.4. The van der Waals surface area contributed by atoms with Crippen LogP contribution < -0.4 is 25.6 Å². The number of phenols is 1. The highest BCUT2D eigenvalue weighted by atomic mass is 19.1. The van der Waals surface area contributed by atoms with Gasteiger partial charge in [0.1, 0.15) is 41.2 Å². The number of halogens is 2. The molecule has 18 heteroatoms. The SMILES string of the molecule is C#Cc1c(F)ccc2cc(O)cc(-c3ncc4c(N5CC6CCC(C5)N6)nc(OCCCN5CCN(CCC)CC5)nc4c3F)c12.CNC.CNc1cc(C2CCN(C=O)CC2)ccc1C(=N)C(C=O)CCC=O. The van der Waals surface area contributed by atoms with Crippen molar-refractivity contribution in [2.24, 2.45) is 5.92 Å². The molecule has 4 aliphatic heterocycles. The maximum absolute atomic E-state index is 16.7. The molecule has 74 heavy (non-hydrogen) atoms. The number of nitrogens with one attached hydrogen (secondary N) is 4. The average Bonchev–Trinajstić information content (AvgIpc) is 3.77. The Bertz CT molecular complexity index is 2780. The van der Waals surface area contributed by atoms with E-state index in [9.17, 15) is 23.9 Å². The lowest BCUT2D eigenvalue weighted by Gasteiger charge is -2.34. The number of terminal acetylenes is 1. The molecule has 3 aromatic carbocycles. The van der Waals surface area contributed by atoms with Crippen LogP contribution >= 0.6 is 0 Å². The molecule has 394 valence electrons. The number of amides is 1. The van der Waals surface area contributed by atoms with Gasteiger partial charge in [-0.15, -0.1) is 6.42 Å². The van der Waals surface area contributed by atoms with Crippen molar-refractivity contribution in [2.45, 2.75) is 76.3 Å². The molecule has 2 bridgehead atoms. The Balaban J connectivity index is 0.000000242. The molecule has 16 nitrogen and oxygen atoms in total. The van der Waals surface area contributed by atoms with E-state index < -0.39 is 17.6 Å². The number of ether oxygens (including phenoxy) is 1. The van der Waals surface area contributed by atoms with Crippen LogP contribution in [0.1, 0.15) is 80.9 Å². The van der Waals surface area contributed by atoms with Crippen LogP contribution in [0.15, 0.2) is 48.7 Å². The lowest BCUT2D eigenvalue weighted by Crippen LogP contribution is -2.51. The van der Waals surface area contributed by atoms with Crippen molar-refractivity contribution < 1.29 is 33.0 Å². The molecular weight excluding hydrogens is 945 g/mol. The molecule has 2 aromatic heterocycles. The topological polar surface area (TPSA) is 192 Å². The summed E-state index contributed by atoms with van der Waals surface area (Å²) in [5.74, 6) is 1.35. The number of aromatic hydroxyl groups is 1. The number of rotatable bonds is 18. The van der Waals surface area contributed by atoms with Gasteiger partial charge in [0.25, 0.3) is 0 Å². The van der Waals surface area contributed by atoms with Crippen LogP contribution in [0.4, 0.5) is 20.3 Å². The summed E-state index contributed by atoms with van der Waals surface area (Å²) in [5, 5.41) is 29.6. The molecule has 0 saturated carbocycles. The fourth-order valence-corrected chi connectivity index (χ4v) is 10.6. The van der Waals surface area contributed by atoms with Crippen molar-refractivity contribution in [2.75, 3.05) is 103 Å². The molecule has 5 aromatic rings. The van der Waals surface area contributed by atoms with E-state index in [1.807, 2.05) is 32.3 Å². The van der Waals surface area contributed by atoms with E-state index in [1.165, 1.54) is 36.2 Å². The second-order valence-electron chi connectivity index (χ2n) is 19.5. The molecule has 5 N–H and O–H groups in total. The Morgan fingerprint density at radius 1 is 0.959 bits per heavy atom. The number of aldehydes is 2. The van der Waals surface area contributed by atoms with Gasteiger partial charge in [-0.1, -0.05) is 31.0 Å². The summed E-state index contributed by atoms with van der Waals surface area (Å²) in [5.41, 5.74) is 3.06. The van der Waals surface area contributed by atoms with Crippen LogP contribution in [0.5, 0.6) is 11.8 Å². The first-order chi connectivity index (χ1) is 36.0. The molecule has 4 aliphatic rings. The van der Waals surface area contributed by atoms with Crippen molar-refractivity contribution in [3.05, 3.63) is 77.0 Å². The number of aromatic nitrogens is 3. The molecule has 6 heterocycles. The molecule has 3 unspecified atom stereocenters. The van der Waals surface area contributed by atoms with Crippen molar-refractivity contribution >= 4 is 57.9 Å². The summed E-state index contributed by atoms with van der Waals surface area (Å²) in [6, 6.07) is 12.3. The number of phenolic OH excluding ortho intramolecular Hbond substituents is 1. The van der Waals surface area contributed by atoms with Crippen molar-refractivity contribution in [1.82, 2.24) is 40.3 Å². The Kier molecular flexibility index (Phi) is 19.8. The summed E-state index contributed by atoms with van der Waals surface area (Å²) in [6.45, 7) is 11.9. The standard InChI is InChI=1S/C35H39F2N7O2.C19H25N3O3.C2H7N/c1-3-10-42-12-14-43(15-13-42)11-5-16-46-35-40-33-28(34(41-35)44-20-23-7-8-24(21-44)39-23)19-38-32(31(33)37)27-18-25(45)17-22-6-9-29(36)26(4-2)30(22)27;1-21-18-11-15(14-6-8-22(13-25)9-7-14)4-5-17(18)19(20)16(12-24)3-2-10-23;1-3-2/h2,6,9,17-19,23-24,39,45H,3,5,7-8,10-16,20-21H2,1H3;4-5,10-14,16,20-21H,2-3,6-9H2,1H3;3H,1-2H3. The normalized spacial score (nSPS) is 18.4.